The molecule has 4 heteroatoms. The molecule has 0 radical (unpaired) electrons. The highest BCUT2D eigenvalue weighted by Crippen LogP contribution is 2.40. The summed E-state index contributed by atoms with van der Waals surface area (Å²) in [5.41, 5.74) is 0. The van der Waals surface area contributed by atoms with E-state index in [2.05, 4.69) is 0 Å². The van der Waals surface area contributed by atoms with E-state index in [9.17, 15) is 4.57 Å². The molecule has 0 heterocycles. The largest absolute Gasteiger partial charge is 0.325 e. The number of rotatable bonds is 5. The quantitative estimate of drug-likeness (QED) is 0.660. The number of hydrogen-bond acceptors (Lipinski definition) is 1. The van der Waals surface area contributed by atoms with Crippen LogP contribution in [0.3, 0.4) is 0 Å². The predicted molar refractivity (Wildman–Crippen MR) is 50.1 cm³/mol. The van der Waals surface area contributed by atoms with E-state index in [-0.39, 0.29) is 12.1 Å². The van der Waals surface area contributed by atoms with Crippen LogP contribution in [-0.4, -0.2) is 15.9 Å². The third-order valence-electron chi connectivity index (χ3n) is 2.45. The lowest BCUT2D eigenvalue weighted by atomic mass is 9.91. The van der Waals surface area contributed by atoms with Crippen LogP contribution in [0.2, 0.25) is 0 Å². The average molecular weight is 194 g/mol. The Morgan fingerprint density at radius 2 is 1.75 bits per heavy atom. The summed E-state index contributed by atoms with van der Waals surface area (Å²) < 4.78 is 10.7. The first-order valence-corrected chi connectivity index (χ1v) is 6.25. The summed E-state index contributed by atoms with van der Waals surface area (Å²) in [5.74, 6) is 0.568. The van der Waals surface area contributed by atoms with Crippen molar-refractivity contribution >= 4 is 7.60 Å². The molecule has 0 aliphatic carbocycles. The van der Waals surface area contributed by atoms with Gasteiger partial charge in [0.25, 0.3) is 0 Å². The molecule has 3 nitrogen and oxygen atoms in total. The van der Waals surface area contributed by atoms with E-state index in [1.807, 2.05) is 20.8 Å². The topological polar surface area (TPSA) is 57.5 Å². The SMILES string of the molecule is CCC(C)C(CC)CP(=O)(O)O. The van der Waals surface area contributed by atoms with E-state index in [0.717, 1.165) is 12.8 Å². The highest BCUT2D eigenvalue weighted by atomic mass is 31.2. The van der Waals surface area contributed by atoms with Crippen LogP contribution in [0.5, 0.6) is 0 Å². The van der Waals surface area contributed by atoms with Gasteiger partial charge in [0.2, 0.25) is 0 Å². The van der Waals surface area contributed by atoms with E-state index in [1.54, 1.807) is 0 Å². The Hall–Kier alpha value is 0.150. The lowest BCUT2D eigenvalue weighted by Crippen LogP contribution is -2.14. The van der Waals surface area contributed by atoms with Gasteiger partial charge >= 0.3 is 7.60 Å². The van der Waals surface area contributed by atoms with Crippen LogP contribution in [0.1, 0.15) is 33.6 Å². The second kappa shape index (κ2) is 5.00. The van der Waals surface area contributed by atoms with Crippen molar-refractivity contribution in [1.82, 2.24) is 0 Å². The first-order valence-electron chi connectivity index (χ1n) is 4.45. The molecule has 0 rings (SSSR count). The minimum Gasteiger partial charge on any atom is -0.324 e. The van der Waals surface area contributed by atoms with E-state index >= 15 is 0 Å². The van der Waals surface area contributed by atoms with Crippen molar-refractivity contribution in [3.05, 3.63) is 0 Å². The van der Waals surface area contributed by atoms with Crippen molar-refractivity contribution in [3.63, 3.8) is 0 Å². The highest BCUT2D eigenvalue weighted by Gasteiger charge is 2.23. The van der Waals surface area contributed by atoms with Crippen LogP contribution in [0, 0.1) is 11.8 Å². The molecule has 2 unspecified atom stereocenters. The third-order valence-corrected chi connectivity index (χ3v) is 3.39. The van der Waals surface area contributed by atoms with Crippen molar-refractivity contribution in [2.24, 2.45) is 11.8 Å². The molecule has 12 heavy (non-hydrogen) atoms. The lowest BCUT2D eigenvalue weighted by Gasteiger charge is -2.21. The van der Waals surface area contributed by atoms with Crippen molar-refractivity contribution in [2.45, 2.75) is 33.6 Å². The smallest absolute Gasteiger partial charge is 0.324 e. The van der Waals surface area contributed by atoms with Gasteiger partial charge in [0, 0.05) is 0 Å². The van der Waals surface area contributed by atoms with Crippen LogP contribution in [0.4, 0.5) is 0 Å². The fraction of sp³-hybridized carbons (Fsp3) is 1.00. The molecule has 0 spiro atoms. The van der Waals surface area contributed by atoms with Gasteiger partial charge in [-0.15, -0.1) is 0 Å². The van der Waals surface area contributed by atoms with Crippen LogP contribution in [-0.2, 0) is 4.57 Å². The van der Waals surface area contributed by atoms with Crippen LogP contribution >= 0.6 is 7.60 Å². The maximum atomic E-state index is 10.7. The second-order valence-corrected chi connectivity index (χ2v) is 5.10. The molecule has 0 saturated heterocycles. The van der Waals surface area contributed by atoms with Crippen LogP contribution in [0.15, 0.2) is 0 Å². The monoisotopic (exact) mass is 194 g/mol. The lowest BCUT2D eigenvalue weighted by molar-refractivity contribution is 0.321. The standard InChI is InChI=1S/C8H19O3P/c1-4-7(3)8(5-2)6-12(9,10)11/h7-8H,4-6H2,1-3H3,(H2,9,10,11). The van der Waals surface area contributed by atoms with Gasteiger partial charge in [0.1, 0.15) is 0 Å². The second-order valence-electron chi connectivity index (χ2n) is 3.40. The molecule has 0 bridgehead atoms. The summed E-state index contributed by atoms with van der Waals surface area (Å²) in [6.45, 7) is 6.07. The predicted octanol–water partition coefficient (Wildman–Crippen LogP) is 2.24. The molecular weight excluding hydrogens is 175 g/mol. The highest BCUT2D eigenvalue weighted by molar-refractivity contribution is 7.51. The van der Waals surface area contributed by atoms with Crippen LogP contribution in [0.25, 0.3) is 0 Å². The zero-order valence-electron chi connectivity index (χ0n) is 8.03. The summed E-state index contributed by atoms with van der Waals surface area (Å²) in [5, 5.41) is 0. The van der Waals surface area contributed by atoms with Gasteiger partial charge in [0.05, 0.1) is 6.16 Å². The molecule has 0 aromatic rings. The minimum atomic E-state index is -3.81. The Balaban J connectivity index is 4.09. The van der Waals surface area contributed by atoms with Gasteiger partial charge in [0.15, 0.2) is 0 Å². The summed E-state index contributed by atoms with van der Waals surface area (Å²) in [4.78, 5) is 17.5. The van der Waals surface area contributed by atoms with Gasteiger partial charge in [-0.05, 0) is 11.8 Å². The Morgan fingerprint density at radius 1 is 1.25 bits per heavy atom. The normalized spacial score (nSPS) is 17.4. The van der Waals surface area contributed by atoms with Gasteiger partial charge in [-0.1, -0.05) is 33.6 Å². The van der Waals surface area contributed by atoms with Gasteiger partial charge in [-0.3, -0.25) is 4.57 Å². The molecule has 0 amide bonds. The molecule has 2 N–H and O–H groups in total. The van der Waals surface area contributed by atoms with Crippen LogP contribution < -0.4 is 0 Å². The summed E-state index contributed by atoms with van der Waals surface area (Å²) >= 11 is 0. The maximum Gasteiger partial charge on any atom is 0.325 e. The third kappa shape index (κ3) is 4.91. The van der Waals surface area contributed by atoms with E-state index in [0.29, 0.717) is 5.92 Å². The zero-order chi connectivity index (χ0) is 9.78. The summed E-state index contributed by atoms with van der Waals surface area (Å²) in [7, 11) is -3.81. The van der Waals surface area contributed by atoms with E-state index < -0.39 is 7.60 Å². The maximum absolute atomic E-state index is 10.7. The molecule has 0 aromatic carbocycles. The molecule has 0 aromatic heterocycles. The Kier molecular flexibility index (Phi) is 5.07. The fourth-order valence-electron chi connectivity index (χ4n) is 1.35. The minimum absolute atomic E-state index is 0.0402. The molecule has 0 fully saturated rings. The van der Waals surface area contributed by atoms with Crippen molar-refractivity contribution in [1.29, 1.82) is 0 Å². The average Bonchev–Trinajstić information content (AvgIpc) is 1.97. The summed E-state index contributed by atoms with van der Waals surface area (Å²) in [6, 6.07) is 0. The molecular formula is C8H19O3P. The molecule has 74 valence electrons. The Morgan fingerprint density at radius 3 is 2.00 bits per heavy atom. The Labute approximate surface area is 74.3 Å². The summed E-state index contributed by atoms with van der Waals surface area (Å²) in [6.07, 6.45) is 1.87. The molecule has 0 aliphatic rings. The van der Waals surface area contributed by atoms with E-state index in [4.69, 9.17) is 9.79 Å². The van der Waals surface area contributed by atoms with Gasteiger partial charge in [-0.2, -0.15) is 0 Å². The molecule has 0 aliphatic heterocycles. The molecule has 2 atom stereocenters. The fourth-order valence-corrected chi connectivity index (χ4v) is 2.58. The van der Waals surface area contributed by atoms with Gasteiger partial charge in [-0.25, -0.2) is 0 Å². The van der Waals surface area contributed by atoms with Crippen molar-refractivity contribution in [3.8, 4) is 0 Å². The van der Waals surface area contributed by atoms with Crippen molar-refractivity contribution in [2.75, 3.05) is 6.16 Å². The first kappa shape index (κ1) is 12.2. The first-order chi connectivity index (χ1) is 5.40. The number of hydrogen-bond donors (Lipinski definition) is 2. The van der Waals surface area contributed by atoms with E-state index in [1.165, 1.54) is 0 Å². The molecule has 0 saturated carbocycles. The van der Waals surface area contributed by atoms with Crippen molar-refractivity contribution < 1.29 is 14.4 Å². The Bertz CT molecular complexity index is 164. The zero-order valence-corrected chi connectivity index (χ0v) is 8.92. The van der Waals surface area contributed by atoms with Gasteiger partial charge < -0.3 is 9.79 Å².